The Balaban J connectivity index is 1.39. The quantitative estimate of drug-likeness (QED) is 0.417. The first-order valence-corrected chi connectivity index (χ1v) is 12.8. The van der Waals surface area contributed by atoms with Crippen LogP contribution in [0.15, 0.2) is 17.1 Å². The average Bonchev–Trinajstić information content (AvgIpc) is 2.89. The molecule has 208 valence electrons. The Kier molecular flexibility index (Phi) is 7.46. The summed E-state index contributed by atoms with van der Waals surface area (Å²) < 4.78 is 34.4. The summed E-state index contributed by atoms with van der Waals surface area (Å²) in [6.45, 7) is 2.36. The number of halogens is 1. The molecule has 2 aromatic rings. The Morgan fingerprint density at radius 3 is 2.55 bits per heavy atom. The first-order chi connectivity index (χ1) is 18.2. The molecule has 0 unspecified atom stereocenters. The molecule has 0 bridgehead atoms. The molecule has 3 aliphatic heterocycles. The monoisotopic (exact) mass is 536 g/mol. The summed E-state index contributed by atoms with van der Waals surface area (Å²) in [6, 6.07) is 1.11. The number of aryl methyl sites for hydroxylation is 1. The zero-order valence-electron chi connectivity index (χ0n) is 21.2. The molecule has 6 atom stereocenters. The molecule has 4 heterocycles. The van der Waals surface area contributed by atoms with Crippen LogP contribution in [0.4, 0.5) is 10.1 Å². The first-order valence-electron chi connectivity index (χ1n) is 12.8. The SMILES string of the molecule is CO[C@@H]1[C@H](OC2CCN(c3c(F)cc4c(=O)c(C(=O)O)cn5c4c3CC[C@@H]5C)CC2)O[C@@H](CO)[C@@H](O)[C@@H]1O. The lowest BCUT2D eigenvalue weighted by Gasteiger charge is -2.43. The van der Waals surface area contributed by atoms with Gasteiger partial charge in [0, 0.05) is 43.4 Å². The summed E-state index contributed by atoms with van der Waals surface area (Å²) in [5, 5.41) is 39.5. The van der Waals surface area contributed by atoms with Crippen LogP contribution in [0.5, 0.6) is 0 Å². The number of anilines is 1. The van der Waals surface area contributed by atoms with E-state index in [1.54, 1.807) is 4.57 Å². The van der Waals surface area contributed by atoms with Crippen molar-refractivity contribution in [1.82, 2.24) is 4.57 Å². The molecule has 38 heavy (non-hydrogen) atoms. The number of hydrogen-bond acceptors (Lipinski definition) is 9. The van der Waals surface area contributed by atoms with Gasteiger partial charge in [-0.3, -0.25) is 4.79 Å². The number of aromatic carboxylic acids is 1. The Morgan fingerprint density at radius 1 is 1.21 bits per heavy atom. The number of pyridine rings is 1. The number of aliphatic hydroxyl groups is 3. The van der Waals surface area contributed by atoms with Gasteiger partial charge in [0.2, 0.25) is 5.43 Å². The van der Waals surface area contributed by atoms with Gasteiger partial charge in [0.15, 0.2) is 6.29 Å². The van der Waals surface area contributed by atoms with E-state index in [-0.39, 0.29) is 23.1 Å². The fraction of sp³-hybridized carbons (Fsp3) is 0.615. The number of carbonyl (C=O) groups is 1. The van der Waals surface area contributed by atoms with Crippen LogP contribution >= 0.6 is 0 Å². The lowest BCUT2D eigenvalue weighted by atomic mass is 9.93. The number of methoxy groups -OCH3 is 1. The van der Waals surface area contributed by atoms with Gasteiger partial charge >= 0.3 is 5.97 Å². The maximum absolute atomic E-state index is 15.6. The highest BCUT2D eigenvalue weighted by atomic mass is 19.1. The van der Waals surface area contributed by atoms with Gasteiger partial charge in [0.05, 0.1) is 23.9 Å². The number of carboxylic acid groups (broad SMARTS) is 1. The third kappa shape index (κ3) is 4.48. The van der Waals surface area contributed by atoms with Gasteiger partial charge in [0.25, 0.3) is 0 Å². The van der Waals surface area contributed by atoms with Gasteiger partial charge in [-0.1, -0.05) is 0 Å². The van der Waals surface area contributed by atoms with Crippen molar-refractivity contribution in [3.63, 3.8) is 0 Å². The lowest BCUT2D eigenvalue weighted by molar-refractivity contribution is -0.316. The van der Waals surface area contributed by atoms with Crippen molar-refractivity contribution in [2.24, 2.45) is 0 Å². The topological polar surface area (TPSA) is 151 Å². The number of hydrogen-bond donors (Lipinski definition) is 4. The fourth-order valence-electron chi connectivity index (χ4n) is 5.95. The summed E-state index contributed by atoms with van der Waals surface area (Å²) >= 11 is 0. The molecule has 0 spiro atoms. The second kappa shape index (κ2) is 10.5. The smallest absolute Gasteiger partial charge is 0.341 e. The zero-order valence-corrected chi connectivity index (χ0v) is 21.2. The van der Waals surface area contributed by atoms with Gasteiger partial charge in [-0.2, -0.15) is 0 Å². The minimum atomic E-state index is -1.34. The highest BCUT2D eigenvalue weighted by molar-refractivity contribution is 5.95. The van der Waals surface area contributed by atoms with Crippen LogP contribution < -0.4 is 10.3 Å². The average molecular weight is 537 g/mol. The van der Waals surface area contributed by atoms with Crippen LogP contribution in [-0.4, -0.2) is 94.6 Å². The van der Waals surface area contributed by atoms with Gasteiger partial charge in [0.1, 0.15) is 35.8 Å². The van der Waals surface area contributed by atoms with Gasteiger partial charge in [-0.05, 0) is 38.7 Å². The van der Waals surface area contributed by atoms with E-state index in [1.807, 2.05) is 11.8 Å². The second-order valence-corrected chi connectivity index (χ2v) is 10.3. The van der Waals surface area contributed by atoms with Crippen LogP contribution in [0.3, 0.4) is 0 Å². The number of aromatic nitrogens is 1. The maximum Gasteiger partial charge on any atom is 0.341 e. The lowest BCUT2D eigenvalue weighted by Crippen LogP contribution is -2.60. The molecule has 0 amide bonds. The van der Waals surface area contributed by atoms with Crippen molar-refractivity contribution in [2.75, 3.05) is 31.7 Å². The Morgan fingerprint density at radius 2 is 1.92 bits per heavy atom. The van der Waals surface area contributed by atoms with E-state index in [0.29, 0.717) is 55.5 Å². The summed E-state index contributed by atoms with van der Waals surface area (Å²) in [7, 11) is 1.37. The molecule has 12 heteroatoms. The predicted octanol–water partition coefficient (Wildman–Crippen LogP) is 0.785. The molecule has 11 nitrogen and oxygen atoms in total. The molecule has 2 saturated heterocycles. The van der Waals surface area contributed by atoms with Crippen molar-refractivity contribution >= 4 is 22.6 Å². The molecular weight excluding hydrogens is 503 g/mol. The molecule has 0 saturated carbocycles. The van der Waals surface area contributed by atoms with Gasteiger partial charge in [-0.25, -0.2) is 9.18 Å². The zero-order chi connectivity index (χ0) is 27.3. The highest BCUT2D eigenvalue weighted by Crippen LogP contribution is 2.39. The molecule has 4 N–H and O–H groups in total. The van der Waals surface area contributed by atoms with E-state index < -0.39 is 54.5 Å². The van der Waals surface area contributed by atoms with Crippen molar-refractivity contribution in [1.29, 1.82) is 0 Å². The largest absolute Gasteiger partial charge is 0.477 e. The van der Waals surface area contributed by atoms with E-state index in [2.05, 4.69) is 0 Å². The Bertz CT molecular complexity index is 1280. The minimum Gasteiger partial charge on any atom is -0.477 e. The molecular formula is C26H33FN2O9. The van der Waals surface area contributed by atoms with E-state index in [4.69, 9.17) is 14.2 Å². The van der Waals surface area contributed by atoms with E-state index in [9.17, 15) is 30.0 Å². The molecule has 1 aromatic carbocycles. The predicted molar refractivity (Wildman–Crippen MR) is 133 cm³/mol. The van der Waals surface area contributed by atoms with Gasteiger partial charge in [-0.15, -0.1) is 0 Å². The molecule has 0 aliphatic carbocycles. The minimum absolute atomic E-state index is 0.0398. The number of benzene rings is 1. The number of ether oxygens (including phenoxy) is 3. The Labute approximate surface area is 217 Å². The summed E-state index contributed by atoms with van der Waals surface area (Å²) in [5.41, 5.74) is 0.633. The Hall–Kier alpha value is -2.61. The van der Waals surface area contributed by atoms with Crippen molar-refractivity contribution in [2.45, 2.75) is 75.5 Å². The normalized spacial score (nSPS) is 30.1. The molecule has 1 aromatic heterocycles. The number of piperidine rings is 1. The van der Waals surface area contributed by atoms with Crippen LogP contribution in [0.1, 0.15) is 48.1 Å². The third-order valence-corrected chi connectivity index (χ3v) is 8.04. The summed E-state index contributed by atoms with van der Waals surface area (Å²) in [5.74, 6) is -1.90. The fourth-order valence-corrected chi connectivity index (χ4v) is 5.95. The number of aliphatic hydroxyl groups excluding tert-OH is 3. The molecule has 5 rings (SSSR count). The molecule has 3 aliphatic rings. The number of nitrogens with zero attached hydrogens (tertiary/aromatic N) is 2. The first kappa shape index (κ1) is 27.0. The van der Waals surface area contributed by atoms with Crippen molar-refractivity contribution < 1.29 is 43.8 Å². The molecule has 0 radical (unpaired) electrons. The van der Waals surface area contributed by atoms with E-state index in [0.717, 1.165) is 6.07 Å². The second-order valence-electron chi connectivity index (χ2n) is 10.3. The van der Waals surface area contributed by atoms with Crippen molar-refractivity contribution in [3.8, 4) is 0 Å². The van der Waals surface area contributed by atoms with Gasteiger partial charge < -0.3 is 44.1 Å². The van der Waals surface area contributed by atoms with Crippen LogP contribution in [0.2, 0.25) is 0 Å². The van der Waals surface area contributed by atoms with E-state index in [1.165, 1.54) is 13.3 Å². The summed E-state index contributed by atoms with van der Waals surface area (Å²) in [6.07, 6.45) is -2.23. The van der Waals surface area contributed by atoms with E-state index >= 15 is 4.39 Å². The number of carboxylic acids is 1. The van der Waals surface area contributed by atoms with Crippen LogP contribution in [-0.2, 0) is 20.6 Å². The number of rotatable bonds is 6. The molecule has 2 fully saturated rings. The third-order valence-electron chi connectivity index (χ3n) is 8.04. The summed E-state index contributed by atoms with van der Waals surface area (Å²) in [4.78, 5) is 26.4. The maximum atomic E-state index is 15.6. The van der Waals surface area contributed by atoms with Crippen LogP contribution in [0.25, 0.3) is 10.9 Å². The highest BCUT2D eigenvalue weighted by Gasteiger charge is 2.46. The van der Waals surface area contributed by atoms with Crippen molar-refractivity contribution in [3.05, 3.63) is 39.4 Å². The standard InChI is InChI=1S/C26H33FN2O9/c1-12-3-4-14-19-15(21(31)16(25(34)35)10-29(12)19)9-17(27)20(14)28-7-5-13(6-8-28)37-26-24(36-2)23(33)22(32)18(11-30)38-26/h9-10,12-13,18,22-24,26,30,32-33H,3-8,11H2,1-2H3,(H,34,35)/t12-,18-,22+,23-,24-,26+/m0/s1. The van der Waals surface area contributed by atoms with Crippen LogP contribution in [0, 0.1) is 5.82 Å².